The lowest BCUT2D eigenvalue weighted by atomic mass is 9.87. The van der Waals surface area contributed by atoms with E-state index in [1.807, 2.05) is 48.5 Å². The molecule has 0 unspecified atom stereocenters. The number of benzene rings is 3. The monoisotopic (exact) mass is 637 g/mol. The van der Waals surface area contributed by atoms with Gasteiger partial charge in [0.1, 0.15) is 12.6 Å². The molecule has 7 nitrogen and oxygen atoms in total. The summed E-state index contributed by atoms with van der Waals surface area (Å²) in [6, 6.07) is 23.2. The normalized spacial score (nSPS) is 14.9. The van der Waals surface area contributed by atoms with Crippen LogP contribution in [0.2, 0.25) is 5.02 Å². The number of anilines is 1. The molecule has 0 radical (unpaired) electrons. The van der Waals surface area contributed by atoms with Gasteiger partial charge in [-0.2, -0.15) is 0 Å². The van der Waals surface area contributed by atoms with Crippen molar-refractivity contribution < 1.29 is 18.0 Å². The Morgan fingerprint density at radius 3 is 2.14 bits per heavy atom. The van der Waals surface area contributed by atoms with Crippen LogP contribution in [0.5, 0.6) is 0 Å². The van der Waals surface area contributed by atoms with Crippen molar-refractivity contribution in [2.75, 3.05) is 17.1 Å². The third-order valence-electron chi connectivity index (χ3n) is 8.17. The first-order valence-corrected chi connectivity index (χ1v) is 17.5. The number of rotatable bonds is 11. The van der Waals surface area contributed by atoms with E-state index in [0.29, 0.717) is 10.7 Å². The minimum absolute atomic E-state index is 0.0477. The van der Waals surface area contributed by atoms with Gasteiger partial charge in [-0.3, -0.25) is 13.9 Å². The number of carbonyl (C=O) groups excluding carboxylic acids is 2. The molecule has 0 aliphatic heterocycles. The summed E-state index contributed by atoms with van der Waals surface area (Å²) in [6.45, 7) is 5.89. The lowest BCUT2D eigenvalue weighted by Crippen LogP contribution is -2.55. The number of carbonyl (C=O) groups is 2. The van der Waals surface area contributed by atoms with Crippen molar-refractivity contribution in [3.05, 3.63) is 101 Å². The number of amides is 2. The fourth-order valence-corrected chi connectivity index (χ4v) is 6.73. The van der Waals surface area contributed by atoms with E-state index in [1.165, 1.54) is 4.90 Å². The van der Waals surface area contributed by atoms with Crippen molar-refractivity contribution >= 4 is 39.1 Å². The Balaban J connectivity index is 1.72. The highest BCUT2D eigenvalue weighted by Crippen LogP contribution is 2.27. The molecule has 44 heavy (non-hydrogen) atoms. The van der Waals surface area contributed by atoms with Crippen LogP contribution in [0.15, 0.2) is 78.9 Å². The molecule has 1 aliphatic carbocycles. The predicted molar refractivity (Wildman–Crippen MR) is 178 cm³/mol. The highest BCUT2D eigenvalue weighted by molar-refractivity contribution is 7.92. The van der Waals surface area contributed by atoms with E-state index in [9.17, 15) is 18.0 Å². The molecule has 3 aromatic carbocycles. The van der Waals surface area contributed by atoms with Crippen LogP contribution in [0.1, 0.15) is 69.6 Å². The molecule has 3 aromatic rings. The summed E-state index contributed by atoms with van der Waals surface area (Å²) in [5.74, 6) is -0.716. The highest BCUT2D eigenvalue weighted by atomic mass is 35.5. The van der Waals surface area contributed by atoms with E-state index in [0.717, 1.165) is 59.4 Å². The summed E-state index contributed by atoms with van der Waals surface area (Å²) in [5.41, 5.74) is 2.97. The third kappa shape index (κ3) is 9.32. The smallest absolute Gasteiger partial charge is 0.244 e. The largest absolute Gasteiger partial charge is 0.352 e. The Kier molecular flexibility index (Phi) is 11.1. The molecule has 1 saturated carbocycles. The first-order chi connectivity index (χ1) is 20.8. The van der Waals surface area contributed by atoms with Gasteiger partial charge in [0.2, 0.25) is 21.8 Å². The summed E-state index contributed by atoms with van der Waals surface area (Å²) < 4.78 is 27.3. The Morgan fingerprint density at radius 1 is 0.909 bits per heavy atom. The standard InChI is InChI=1S/C35H44ClN3O4S/c1-35(2,3)28-18-20-31(21-19-28)39(44(4,42)43)25-33(40)38(24-27-14-11-15-29(36)22-27)32(23-26-12-7-5-8-13-26)34(41)37-30-16-9-6-10-17-30/h5,7-8,11-15,18-22,30,32H,6,9-10,16-17,23-25H2,1-4H3,(H,37,41)/t32-/m0/s1. The van der Waals surface area contributed by atoms with Gasteiger partial charge >= 0.3 is 0 Å². The second-order valence-electron chi connectivity index (χ2n) is 12.8. The maximum atomic E-state index is 14.3. The Bertz CT molecular complexity index is 1520. The van der Waals surface area contributed by atoms with Crippen molar-refractivity contribution in [2.45, 2.75) is 83.3 Å². The first kappa shape index (κ1) is 33.5. The Labute approximate surface area is 267 Å². The van der Waals surface area contributed by atoms with Gasteiger partial charge in [-0.15, -0.1) is 0 Å². The van der Waals surface area contributed by atoms with Crippen LogP contribution in [-0.2, 0) is 38.0 Å². The number of nitrogens with zero attached hydrogens (tertiary/aromatic N) is 2. The van der Waals surface area contributed by atoms with Crippen molar-refractivity contribution in [3.8, 4) is 0 Å². The number of halogens is 1. The molecule has 0 aromatic heterocycles. The minimum atomic E-state index is -3.84. The van der Waals surface area contributed by atoms with Crippen LogP contribution < -0.4 is 9.62 Å². The van der Waals surface area contributed by atoms with Gasteiger partial charge in [0.25, 0.3) is 0 Å². The average Bonchev–Trinajstić information content (AvgIpc) is 2.97. The van der Waals surface area contributed by atoms with E-state index in [4.69, 9.17) is 11.6 Å². The lowest BCUT2D eigenvalue weighted by Gasteiger charge is -2.35. The number of sulfonamides is 1. The van der Waals surface area contributed by atoms with E-state index in [2.05, 4.69) is 26.1 Å². The number of hydrogen-bond acceptors (Lipinski definition) is 4. The lowest BCUT2D eigenvalue weighted by molar-refractivity contribution is -0.140. The predicted octanol–water partition coefficient (Wildman–Crippen LogP) is 6.49. The van der Waals surface area contributed by atoms with Crippen molar-refractivity contribution in [2.24, 2.45) is 0 Å². The summed E-state index contributed by atoms with van der Waals surface area (Å²) in [5, 5.41) is 3.73. The molecule has 0 saturated heterocycles. The zero-order valence-electron chi connectivity index (χ0n) is 26.1. The van der Waals surface area contributed by atoms with E-state index in [1.54, 1.807) is 30.3 Å². The summed E-state index contributed by atoms with van der Waals surface area (Å²) in [7, 11) is -3.84. The fourth-order valence-electron chi connectivity index (χ4n) is 5.67. The molecule has 1 N–H and O–H groups in total. The van der Waals surface area contributed by atoms with Crippen LogP contribution in [0.25, 0.3) is 0 Å². The van der Waals surface area contributed by atoms with Gasteiger partial charge in [0, 0.05) is 24.0 Å². The SMILES string of the molecule is CC(C)(C)c1ccc(N(CC(=O)N(Cc2cccc(Cl)c2)[C@@H](Cc2ccccc2)C(=O)NC2CCCCC2)S(C)(=O)=O)cc1. The van der Waals surface area contributed by atoms with Gasteiger partial charge in [-0.25, -0.2) is 8.42 Å². The average molecular weight is 638 g/mol. The molecule has 4 rings (SSSR count). The summed E-state index contributed by atoms with van der Waals surface area (Å²) in [4.78, 5) is 29.9. The molecule has 1 fully saturated rings. The first-order valence-electron chi connectivity index (χ1n) is 15.3. The second kappa shape index (κ2) is 14.6. The van der Waals surface area contributed by atoms with E-state index < -0.39 is 28.5 Å². The molecule has 1 atom stereocenters. The minimum Gasteiger partial charge on any atom is -0.352 e. The Hall–Kier alpha value is -3.36. The quantitative estimate of drug-likeness (QED) is 0.260. The topological polar surface area (TPSA) is 86.8 Å². The molecule has 9 heteroatoms. The second-order valence-corrected chi connectivity index (χ2v) is 15.1. The molecule has 0 bridgehead atoms. The van der Waals surface area contributed by atoms with Gasteiger partial charge < -0.3 is 10.2 Å². The summed E-state index contributed by atoms with van der Waals surface area (Å²) in [6.07, 6.45) is 6.43. The molecule has 0 heterocycles. The van der Waals surface area contributed by atoms with E-state index >= 15 is 0 Å². The van der Waals surface area contributed by atoms with Crippen molar-refractivity contribution in [1.82, 2.24) is 10.2 Å². The zero-order valence-corrected chi connectivity index (χ0v) is 27.7. The maximum Gasteiger partial charge on any atom is 0.244 e. The molecular formula is C35H44ClN3O4S. The van der Waals surface area contributed by atoms with Crippen LogP contribution in [0.3, 0.4) is 0 Å². The van der Waals surface area contributed by atoms with E-state index in [-0.39, 0.29) is 30.3 Å². The van der Waals surface area contributed by atoms with Gasteiger partial charge in [-0.05, 0) is 59.2 Å². The Morgan fingerprint density at radius 2 is 1.55 bits per heavy atom. The van der Waals surface area contributed by atoms with Gasteiger partial charge in [0.15, 0.2) is 0 Å². The van der Waals surface area contributed by atoms with Crippen molar-refractivity contribution in [3.63, 3.8) is 0 Å². The molecule has 0 spiro atoms. The van der Waals surface area contributed by atoms with Crippen LogP contribution in [0.4, 0.5) is 5.69 Å². The van der Waals surface area contributed by atoms with Crippen LogP contribution in [-0.4, -0.2) is 50.0 Å². The van der Waals surface area contributed by atoms with Crippen LogP contribution >= 0.6 is 11.6 Å². The van der Waals surface area contributed by atoms with Gasteiger partial charge in [0.05, 0.1) is 11.9 Å². The maximum absolute atomic E-state index is 14.3. The van der Waals surface area contributed by atoms with Gasteiger partial charge in [-0.1, -0.05) is 106 Å². The number of hydrogen-bond donors (Lipinski definition) is 1. The van der Waals surface area contributed by atoms with Crippen LogP contribution in [0, 0.1) is 0 Å². The highest BCUT2D eigenvalue weighted by Gasteiger charge is 2.34. The third-order valence-corrected chi connectivity index (χ3v) is 9.54. The molecular weight excluding hydrogens is 594 g/mol. The fraction of sp³-hybridized carbons (Fsp3) is 0.429. The zero-order chi connectivity index (χ0) is 31.9. The molecule has 236 valence electrons. The van der Waals surface area contributed by atoms with Crippen molar-refractivity contribution in [1.29, 1.82) is 0 Å². The molecule has 1 aliphatic rings. The number of nitrogens with one attached hydrogen (secondary N) is 1. The molecule has 2 amide bonds. The summed E-state index contributed by atoms with van der Waals surface area (Å²) >= 11 is 6.31.